The standard InChI is InChI=1S/C22H20Cl2N2O4S/c1-15(16-7-9-17(23)10-8-16)25-22(27)14-30-21-12-11-19(13-20(21)24)31(28,29)26-18-5-3-2-4-6-18/h2-13,15,26H,14H2,1H3,(H,25,27). The maximum Gasteiger partial charge on any atom is 0.261 e. The van der Waals surface area contributed by atoms with E-state index in [9.17, 15) is 13.2 Å². The normalized spacial score (nSPS) is 12.1. The lowest BCUT2D eigenvalue weighted by atomic mass is 10.1. The number of sulfonamides is 1. The molecule has 0 aliphatic carbocycles. The van der Waals surface area contributed by atoms with Gasteiger partial charge in [-0.2, -0.15) is 0 Å². The molecule has 0 aromatic heterocycles. The van der Waals surface area contributed by atoms with Gasteiger partial charge in [0, 0.05) is 10.7 Å². The monoisotopic (exact) mass is 478 g/mol. The molecule has 0 heterocycles. The van der Waals surface area contributed by atoms with E-state index in [1.807, 2.05) is 19.1 Å². The first-order chi connectivity index (χ1) is 14.7. The van der Waals surface area contributed by atoms with E-state index in [2.05, 4.69) is 10.0 Å². The molecule has 162 valence electrons. The predicted octanol–water partition coefficient (Wildman–Crippen LogP) is 5.05. The molecule has 6 nitrogen and oxygen atoms in total. The van der Waals surface area contributed by atoms with Gasteiger partial charge >= 0.3 is 0 Å². The summed E-state index contributed by atoms with van der Waals surface area (Å²) in [6.45, 7) is 1.57. The van der Waals surface area contributed by atoms with Crippen LogP contribution in [-0.4, -0.2) is 20.9 Å². The van der Waals surface area contributed by atoms with Crippen LogP contribution in [0.25, 0.3) is 0 Å². The molecule has 0 bridgehead atoms. The van der Waals surface area contributed by atoms with Crippen LogP contribution in [0.2, 0.25) is 10.0 Å². The highest BCUT2D eigenvalue weighted by molar-refractivity contribution is 7.92. The minimum absolute atomic E-state index is 0.0190. The first-order valence-corrected chi connectivity index (χ1v) is 11.5. The molecule has 2 N–H and O–H groups in total. The first kappa shape index (κ1) is 22.9. The molecule has 3 rings (SSSR count). The summed E-state index contributed by atoms with van der Waals surface area (Å²) >= 11 is 12.0. The SMILES string of the molecule is CC(NC(=O)COc1ccc(S(=O)(=O)Nc2ccccc2)cc1Cl)c1ccc(Cl)cc1. The van der Waals surface area contributed by atoms with E-state index in [-0.39, 0.29) is 34.2 Å². The van der Waals surface area contributed by atoms with Gasteiger partial charge in [-0.05, 0) is 55.0 Å². The molecule has 9 heteroatoms. The fourth-order valence-electron chi connectivity index (χ4n) is 2.75. The van der Waals surface area contributed by atoms with Crippen LogP contribution >= 0.6 is 23.2 Å². The molecule has 1 atom stereocenters. The topological polar surface area (TPSA) is 84.5 Å². The number of carbonyl (C=O) groups excluding carboxylic acids is 1. The molecule has 0 fully saturated rings. The third-order valence-corrected chi connectivity index (χ3v) is 6.27. The van der Waals surface area contributed by atoms with Crippen molar-refractivity contribution in [3.63, 3.8) is 0 Å². The van der Waals surface area contributed by atoms with Gasteiger partial charge in [-0.15, -0.1) is 0 Å². The lowest BCUT2D eigenvalue weighted by Gasteiger charge is -2.15. The molecule has 1 amide bonds. The van der Waals surface area contributed by atoms with Crippen LogP contribution in [0.15, 0.2) is 77.7 Å². The van der Waals surface area contributed by atoms with E-state index < -0.39 is 10.0 Å². The number of ether oxygens (including phenoxy) is 1. The van der Waals surface area contributed by atoms with Gasteiger partial charge in [0.25, 0.3) is 15.9 Å². The molecule has 0 aliphatic rings. The van der Waals surface area contributed by atoms with Crippen LogP contribution in [0, 0.1) is 0 Å². The molecule has 0 radical (unpaired) electrons. The molecule has 31 heavy (non-hydrogen) atoms. The van der Waals surface area contributed by atoms with E-state index in [0.717, 1.165) is 5.56 Å². The predicted molar refractivity (Wildman–Crippen MR) is 122 cm³/mol. The van der Waals surface area contributed by atoms with Crippen LogP contribution in [0.4, 0.5) is 5.69 Å². The summed E-state index contributed by atoms with van der Waals surface area (Å²) in [5, 5.41) is 3.51. The molecular formula is C22H20Cl2N2O4S. The fraction of sp³-hybridized carbons (Fsp3) is 0.136. The lowest BCUT2D eigenvalue weighted by Crippen LogP contribution is -2.31. The molecule has 0 aliphatic heterocycles. The molecule has 0 saturated heterocycles. The summed E-state index contributed by atoms with van der Waals surface area (Å²) in [5.41, 5.74) is 1.33. The van der Waals surface area contributed by atoms with Crippen molar-refractivity contribution in [3.8, 4) is 5.75 Å². The van der Waals surface area contributed by atoms with Gasteiger partial charge in [0.15, 0.2) is 6.61 Å². The Morgan fingerprint density at radius 2 is 1.68 bits per heavy atom. The zero-order chi connectivity index (χ0) is 22.4. The van der Waals surface area contributed by atoms with Crippen molar-refractivity contribution in [2.75, 3.05) is 11.3 Å². The van der Waals surface area contributed by atoms with Crippen molar-refractivity contribution in [1.82, 2.24) is 5.32 Å². The highest BCUT2D eigenvalue weighted by Crippen LogP contribution is 2.28. The van der Waals surface area contributed by atoms with Gasteiger partial charge < -0.3 is 10.1 Å². The quantitative estimate of drug-likeness (QED) is 0.474. The number of hydrogen-bond acceptors (Lipinski definition) is 4. The average Bonchev–Trinajstić information content (AvgIpc) is 2.73. The van der Waals surface area contributed by atoms with Crippen LogP contribution in [0.5, 0.6) is 5.75 Å². The minimum atomic E-state index is -3.81. The second-order valence-electron chi connectivity index (χ2n) is 6.69. The third kappa shape index (κ3) is 6.37. The maximum absolute atomic E-state index is 12.5. The van der Waals surface area contributed by atoms with Gasteiger partial charge in [-0.25, -0.2) is 8.42 Å². The number of para-hydroxylation sites is 1. The summed E-state index contributed by atoms with van der Waals surface area (Å²) in [6.07, 6.45) is 0. The third-order valence-electron chi connectivity index (χ3n) is 4.35. The second kappa shape index (κ2) is 10.0. The zero-order valence-electron chi connectivity index (χ0n) is 16.5. The van der Waals surface area contributed by atoms with Crippen molar-refractivity contribution in [1.29, 1.82) is 0 Å². The van der Waals surface area contributed by atoms with Crippen molar-refractivity contribution in [2.24, 2.45) is 0 Å². The number of benzene rings is 3. The van der Waals surface area contributed by atoms with E-state index in [1.54, 1.807) is 42.5 Å². The minimum Gasteiger partial charge on any atom is -0.482 e. The maximum atomic E-state index is 12.5. The summed E-state index contributed by atoms with van der Waals surface area (Å²) in [6, 6.07) is 19.5. The Kier molecular flexibility index (Phi) is 7.43. The Morgan fingerprint density at radius 1 is 1.00 bits per heavy atom. The Hall–Kier alpha value is -2.74. The number of nitrogens with one attached hydrogen (secondary N) is 2. The van der Waals surface area contributed by atoms with Crippen molar-refractivity contribution in [2.45, 2.75) is 17.9 Å². The van der Waals surface area contributed by atoms with Crippen molar-refractivity contribution in [3.05, 3.63) is 88.4 Å². The summed E-state index contributed by atoms with van der Waals surface area (Å²) in [5.74, 6) is -0.143. The van der Waals surface area contributed by atoms with Crippen LogP contribution in [0.3, 0.4) is 0 Å². The highest BCUT2D eigenvalue weighted by atomic mass is 35.5. The Balaban J connectivity index is 1.60. The molecule has 1 unspecified atom stereocenters. The number of carbonyl (C=O) groups is 1. The smallest absolute Gasteiger partial charge is 0.261 e. The summed E-state index contributed by atoms with van der Waals surface area (Å²) < 4.78 is 33.0. The second-order valence-corrected chi connectivity index (χ2v) is 9.22. The fourth-order valence-corrected chi connectivity index (χ4v) is 4.26. The largest absolute Gasteiger partial charge is 0.482 e. The van der Waals surface area contributed by atoms with Gasteiger partial charge in [0.05, 0.1) is 16.0 Å². The average molecular weight is 479 g/mol. The van der Waals surface area contributed by atoms with E-state index in [1.165, 1.54) is 18.2 Å². The summed E-state index contributed by atoms with van der Waals surface area (Å²) in [7, 11) is -3.81. The van der Waals surface area contributed by atoms with Gasteiger partial charge in [0.1, 0.15) is 5.75 Å². The van der Waals surface area contributed by atoms with Crippen LogP contribution in [-0.2, 0) is 14.8 Å². The zero-order valence-corrected chi connectivity index (χ0v) is 18.8. The van der Waals surface area contributed by atoms with E-state index >= 15 is 0 Å². The molecule has 0 saturated carbocycles. The highest BCUT2D eigenvalue weighted by Gasteiger charge is 2.17. The van der Waals surface area contributed by atoms with Gasteiger partial charge in [0.2, 0.25) is 0 Å². The molecule has 3 aromatic rings. The molecule has 3 aromatic carbocycles. The molecular weight excluding hydrogens is 459 g/mol. The van der Waals surface area contributed by atoms with Gasteiger partial charge in [-0.1, -0.05) is 53.5 Å². The van der Waals surface area contributed by atoms with Crippen molar-refractivity contribution >= 4 is 44.8 Å². The van der Waals surface area contributed by atoms with Crippen LogP contribution in [0.1, 0.15) is 18.5 Å². The van der Waals surface area contributed by atoms with Crippen molar-refractivity contribution < 1.29 is 17.9 Å². The molecule has 0 spiro atoms. The van der Waals surface area contributed by atoms with E-state index in [4.69, 9.17) is 27.9 Å². The number of rotatable bonds is 8. The lowest BCUT2D eigenvalue weighted by molar-refractivity contribution is -0.123. The van der Waals surface area contributed by atoms with Gasteiger partial charge in [-0.3, -0.25) is 9.52 Å². The number of anilines is 1. The first-order valence-electron chi connectivity index (χ1n) is 9.29. The Morgan fingerprint density at radius 3 is 2.32 bits per heavy atom. The number of amides is 1. The Labute approximate surface area is 191 Å². The summed E-state index contributed by atoms with van der Waals surface area (Å²) in [4.78, 5) is 12.2. The Bertz CT molecular complexity index is 1150. The number of halogens is 2. The number of hydrogen-bond donors (Lipinski definition) is 2. The van der Waals surface area contributed by atoms with Crippen LogP contribution < -0.4 is 14.8 Å². The van der Waals surface area contributed by atoms with E-state index in [0.29, 0.717) is 10.7 Å².